The van der Waals surface area contributed by atoms with Gasteiger partial charge in [-0.2, -0.15) is 4.99 Å². The molecule has 2 N–H and O–H groups in total. The molecule has 0 radical (unpaired) electrons. The first-order valence-electron chi connectivity index (χ1n) is 8.11. The number of amidine groups is 2. The van der Waals surface area contributed by atoms with Crippen molar-refractivity contribution in [2.45, 2.75) is 13.3 Å². The monoisotopic (exact) mass is 388 g/mol. The minimum absolute atomic E-state index is 0.0777. The Balaban J connectivity index is 1.45. The van der Waals surface area contributed by atoms with Crippen molar-refractivity contribution in [3.05, 3.63) is 76.8 Å². The second kappa shape index (κ2) is 8.87. The molecule has 0 amide bonds. The molecule has 0 atom stereocenters. The molecule has 1 heterocycles. The summed E-state index contributed by atoms with van der Waals surface area (Å²) in [5.41, 5.74) is 2.97. The molecule has 1 aliphatic rings. The van der Waals surface area contributed by atoms with E-state index in [2.05, 4.69) is 32.8 Å². The molecule has 0 aromatic heterocycles. The third kappa shape index (κ3) is 5.34. The number of allylic oxidation sites excluding steroid dienone is 1. The fourth-order valence-corrected chi connectivity index (χ4v) is 3.00. The molecule has 0 bridgehead atoms. The summed E-state index contributed by atoms with van der Waals surface area (Å²) in [6, 6.07) is 14.8. The van der Waals surface area contributed by atoms with E-state index < -0.39 is 5.82 Å². The standard InChI is InChI=1S/C19H18ClFN4S/c1-13(22-10-9-14-5-3-2-4-6-14)12-23-18-25-19(26-18)24-15-7-8-17(21)16(20)11-15/h2-8,11-12,22H,9-10H2,1H3,(H,23,24,25). The highest BCUT2D eigenvalue weighted by atomic mass is 35.5. The van der Waals surface area contributed by atoms with E-state index in [1.165, 1.54) is 29.5 Å². The summed E-state index contributed by atoms with van der Waals surface area (Å²) < 4.78 is 13.1. The van der Waals surface area contributed by atoms with Gasteiger partial charge in [0.2, 0.25) is 0 Å². The van der Waals surface area contributed by atoms with Gasteiger partial charge in [-0.15, -0.1) is 0 Å². The second-order valence-corrected chi connectivity index (χ2v) is 7.02. The van der Waals surface area contributed by atoms with Gasteiger partial charge in [0.1, 0.15) is 5.82 Å². The minimum Gasteiger partial charge on any atom is -0.387 e. The number of nitrogens with one attached hydrogen (secondary N) is 2. The fraction of sp³-hybridized carbons (Fsp3) is 0.158. The van der Waals surface area contributed by atoms with E-state index in [4.69, 9.17) is 11.6 Å². The van der Waals surface area contributed by atoms with Crippen LogP contribution in [-0.2, 0) is 6.42 Å². The molecule has 3 rings (SSSR count). The number of rotatable bonds is 6. The lowest BCUT2D eigenvalue weighted by Gasteiger charge is -2.16. The zero-order valence-corrected chi connectivity index (χ0v) is 15.7. The number of halogens is 2. The highest BCUT2D eigenvalue weighted by Crippen LogP contribution is 2.25. The molecule has 2 aromatic rings. The zero-order chi connectivity index (χ0) is 18.4. The number of aliphatic imine (C=N–C) groups is 2. The summed E-state index contributed by atoms with van der Waals surface area (Å²) in [4.78, 5) is 8.60. The highest BCUT2D eigenvalue weighted by molar-refractivity contribution is 8.29. The number of benzene rings is 2. The summed E-state index contributed by atoms with van der Waals surface area (Å²) >= 11 is 7.17. The average Bonchev–Trinajstić information content (AvgIpc) is 2.61. The Hall–Kier alpha value is -2.31. The van der Waals surface area contributed by atoms with Crippen LogP contribution in [0.2, 0.25) is 5.02 Å². The van der Waals surface area contributed by atoms with Gasteiger partial charge in [-0.3, -0.25) is 0 Å². The third-order valence-corrected chi connectivity index (χ3v) is 4.64. The Morgan fingerprint density at radius 3 is 2.77 bits per heavy atom. The maximum atomic E-state index is 13.1. The SMILES string of the molecule is CC(=CN=C1N=C(Nc2ccc(F)c(Cl)c2)S1)NCCc1ccccc1. The van der Waals surface area contributed by atoms with Crippen molar-refractivity contribution in [1.29, 1.82) is 0 Å². The van der Waals surface area contributed by atoms with Crippen molar-refractivity contribution < 1.29 is 4.39 Å². The Morgan fingerprint density at radius 1 is 1.27 bits per heavy atom. The van der Waals surface area contributed by atoms with Crippen LogP contribution in [0.3, 0.4) is 0 Å². The van der Waals surface area contributed by atoms with Crippen molar-refractivity contribution in [3.8, 4) is 0 Å². The van der Waals surface area contributed by atoms with Crippen LogP contribution < -0.4 is 10.6 Å². The van der Waals surface area contributed by atoms with Crippen LogP contribution >= 0.6 is 23.4 Å². The van der Waals surface area contributed by atoms with Gasteiger partial charge in [-0.25, -0.2) is 9.38 Å². The topological polar surface area (TPSA) is 48.8 Å². The predicted molar refractivity (Wildman–Crippen MR) is 109 cm³/mol. The Labute approximate surface area is 161 Å². The van der Waals surface area contributed by atoms with Gasteiger partial charge in [0.15, 0.2) is 10.3 Å². The smallest absolute Gasteiger partial charge is 0.197 e. The van der Waals surface area contributed by atoms with E-state index in [1.54, 1.807) is 12.3 Å². The van der Waals surface area contributed by atoms with Crippen LogP contribution in [0.1, 0.15) is 12.5 Å². The van der Waals surface area contributed by atoms with Crippen LogP contribution in [0.5, 0.6) is 0 Å². The number of anilines is 1. The van der Waals surface area contributed by atoms with Gasteiger partial charge < -0.3 is 10.6 Å². The maximum absolute atomic E-state index is 13.1. The Morgan fingerprint density at radius 2 is 2.04 bits per heavy atom. The molecule has 26 heavy (non-hydrogen) atoms. The van der Waals surface area contributed by atoms with Gasteiger partial charge in [-0.1, -0.05) is 41.9 Å². The van der Waals surface area contributed by atoms with Crippen LogP contribution in [-0.4, -0.2) is 16.9 Å². The van der Waals surface area contributed by atoms with E-state index in [-0.39, 0.29) is 5.02 Å². The average molecular weight is 389 g/mol. The second-order valence-electron chi connectivity index (χ2n) is 5.66. The van der Waals surface area contributed by atoms with E-state index in [1.807, 2.05) is 25.1 Å². The van der Waals surface area contributed by atoms with Crippen molar-refractivity contribution in [2.24, 2.45) is 9.98 Å². The lowest BCUT2D eigenvalue weighted by atomic mass is 10.1. The molecule has 1 aliphatic heterocycles. The summed E-state index contributed by atoms with van der Waals surface area (Å²) in [6.45, 7) is 2.83. The summed E-state index contributed by atoms with van der Waals surface area (Å²) in [5.74, 6) is -0.442. The van der Waals surface area contributed by atoms with E-state index in [0.717, 1.165) is 18.7 Å². The summed E-state index contributed by atoms with van der Waals surface area (Å²) in [5, 5.41) is 7.84. The Kier molecular flexibility index (Phi) is 6.30. The molecule has 4 nitrogen and oxygen atoms in total. The van der Waals surface area contributed by atoms with Gasteiger partial charge in [-0.05, 0) is 48.9 Å². The van der Waals surface area contributed by atoms with E-state index in [0.29, 0.717) is 16.0 Å². The molecule has 7 heteroatoms. The molecule has 0 saturated carbocycles. The van der Waals surface area contributed by atoms with Crippen molar-refractivity contribution >= 4 is 39.4 Å². The number of hydrogen-bond acceptors (Lipinski definition) is 4. The number of nitrogens with zero attached hydrogens (tertiary/aromatic N) is 2. The van der Waals surface area contributed by atoms with E-state index in [9.17, 15) is 4.39 Å². The Bertz CT molecular complexity index is 865. The molecule has 0 saturated heterocycles. The van der Waals surface area contributed by atoms with Gasteiger partial charge >= 0.3 is 0 Å². The van der Waals surface area contributed by atoms with Crippen molar-refractivity contribution in [2.75, 3.05) is 11.9 Å². The molecular weight excluding hydrogens is 371 g/mol. The lowest BCUT2D eigenvalue weighted by Crippen LogP contribution is -2.19. The first kappa shape index (κ1) is 18.5. The largest absolute Gasteiger partial charge is 0.387 e. The van der Waals surface area contributed by atoms with Crippen LogP contribution in [0.4, 0.5) is 10.1 Å². The van der Waals surface area contributed by atoms with Crippen molar-refractivity contribution in [3.63, 3.8) is 0 Å². The summed E-state index contributed by atoms with van der Waals surface area (Å²) in [7, 11) is 0. The maximum Gasteiger partial charge on any atom is 0.197 e. The third-order valence-electron chi connectivity index (χ3n) is 3.58. The van der Waals surface area contributed by atoms with Crippen LogP contribution in [0.15, 0.2) is 70.4 Å². The van der Waals surface area contributed by atoms with Crippen molar-refractivity contribution in [1.82, 2.24) is 5.32 Å². The van der Waals surface area contributed by atoms with Gasteiger partial charge in [0.05, 0.1) is 5.02 Å². The molecule has 0 fully saturated rings. The van der Waals surface area contributed by atoms with Crippen LogP contribution in [0, 0.1) is 5.82 Å². The molecule has 134 valence electrons. The first-order valence-corrected chi connectivity index (χ1v) is 9.30. The first-order chi connectivity index (χ1) is 12.6. The zero-order valence-electron chi connectivity index (χ0n) is 14.2. The quantitative estimate of drug-likeness (QED) is 0.728. The summed E-state index contributed by atoms with van der Waals surface area (Å²) in [6.07, 6.45) is 2.73. The number of thioether (sulfide) groups is 1. The van der Waals surface area contributed by atoms with E-state index >= 15 is 0 Å². The van der Waals surface area contributed by atoms with Gasteiger partial charge in [0, 0.05) is 24.1 Å². The predicted octanol–water partition coefficient (Wildman–Crippen LogP) is 5.04. The van der Waals surface area contributed by atoms with Gasteiger partial charge in [0.25, 0.3) is 0 Å². The molecule has 2 aromatic carbocycles. The number of hydrogen-bond donors (Lipinski definition) is 2. The molecule has 0 unspecified atom stereocenters. The normalized spacial score (nSPS) is 15.4. The highest BCUT2D eigenvalue weighted by Gasteiger charge is 2.17. The minimum atomic E-state index is -0.442. The molecule has 0 aliphatic carbocycles. The molecule has 0 spiro atoms. The van der Waals surface area contributed by atoms with Crippen LogP contribution in [0.25, 0.3) is 0 Å². The lowest BCUT2D eigenvalue weighted by molar-refractivity contribution is 0.628. The molecular formula is C19H18ClFN4S. The fourth-order valence-electron chi connectivity index (χ4n) is 2.23.